The molecule has 1 aliphatic rings. The molecular formula is C28H33Cl3N2O. The Kier molecular flexibility index (Phi) is 10.1. The van der Waals surface area contributed by atoms with Crippen LogP contribution in [0.4, 0.5) is 0 Å². The smallest absolute Gasteiger partial charge is 0.251 e. The fraction of sp³-hybridized carbons (Fsp3) is 0.393. The number of fused-ring (bicyclic) bond motifs is 1. The van der Waals surface area contributed by atoms with Crippen LogP contribution in [0.25, 0.3) is 10.8 Å². The molecule has 1 N–H and O–H groups in total. The van der Waals surface area contributed by atoms with Crippen LogP contribution >= 0.6 is 35.6 Å². The molecule has 0 aromatic heterocycles. The summed E-state index contributed by atoms with van der Waals surface area (Å²) in [5.74, 6) is 1.18. The monoisotopic (exact) mass is 518 g/mol. The highest BCUT2D eigenvalue weighted by Crippen LogP contribution is 2.50. The molecule has 0 saturated heterocycles. The molecule has 34 heavy (non-hydrogen) atoms. The van der Waals surface area contributed by atoms with E-state index in [0.717, 1.165) is 60.3 Å². The summed E-state index contributed by atoms with van der Waals surface area (Å²) in [7, 11) is 0. The van der Waals surface area contributed by atoms with E-state index in [4.69, 9.17) is 23.2 Å². The Morgan fingerprint density at radius 2 is 1.79 bits per heavy atom. The average molecular weight is 520 g/mol. The van der Waals surface area contributed by atoms with Crippen molar-refractivity contribution in [3.63, 3.8) is 0 Å². The van der Waals surface area contributed by atoms with Crippen LogP contribution in [0.5, 0.6) is 0 Å². The van der Waals surface area contributed by atoms with Gasteiger partial charge in [0.15, 0.2) is 0 Å². The molecule has 3 nitrogen and oxygen atoms in total. The maximum absolute atomic E-state index is 12.5. The van der Waals surface area contributed by atoms with Crippen LogP contribution in [0, 0.1) is 5.92 Å². The SMILES string of the molecule is CCCN(CCCCNC(=O)c1ccc2ccccc2c1)CC1CC1c1cccc(Cl)c1Cl.Cl. The lowest BCUT2D eigenvalue weighted by atomic mass is 10.1. The summed E-state index contributed by atoms with van der Waals surface area (Å²) in [5, 5.41) is 6.69. The van der Waals surface area contributed by atoms with Gasteiger partial charge in [-0.25, -0.2) is 0 Å². The minimum absolute atomic E-state index is 0. The van der Waals surface area contributed by atoms with Crippen molar-refractivity contribution in [3.8, 4) is 0 Å². The molecule has 6 heteroatoms. The van der Waals surface area contributed by atoms with Gasteiger partial charge >= 0.3 is 0 Å². The zero-order chi connectivity index (χ0) is 23.2. The van der Waals surface area contributed by atoms with E-state index in [1.807, 2.05) is 48.5 Å². The van der Waals surface area contributed by atoms with Gasteiger partial charge in [0.25, 0.3) is 5.91 Å². The van der Waals surface area contributed by atoms with Crippen molar-refractivity contribution in [1.29, 1.82) is 0 Å². The third kappa shape index (κ3) is 6.88. The van der Waals surface area contributed by atoms with Crippen molar-refractivity contribution >= 4 is 52.3 Å². The number of carbonyl (C=O) groups is 1. The van der Waals surface area contributed by atoms with Gasteiger partial charge in [-0.2, -0.15) is 0 Å². The molecular weight excluding hydrogens is 487 g/mol. The molecule has 1 amide bonds. The number of rotatable bonds is 11. The number of nitrogens with zero attached hydrogens (tertiary/aromatic N) is 1. The number of amides is 1. The zero-order valence-electron chi connectivity index (χ0n) is 19.6. The first-order valence-corrected chi connectivity index (χ1v) is 12.8. The van der Waals surface area contributed by atoms with Crippen molar-refractivity contribution in [2.75, 3.05) is 26.2 Å². The van der Waals surface area contributed by atoms with Gasteiger partial charge in [-0.05, 0) is 85.1 Å². The molecule has 0 aliphatic heterocycles. The molecule has 1 aliphatic carbocycles. The number of halogens is 3. The van der Waals surface area contributed by atoms with E-state index in [1.54, 1.807) is 0 Å². The maximum atomic E-state index is 12.5. The molecule has 182 valence electrons. The van der Waals surface area contributed by atoms with Gasteiger partial charge in [-0.3, -0.25) is 4.79 Å². The van der Waals surface area contributed by atoms with Gasteiger partial charge in [0.1, 0.15) is 0 Å². The quantitative estimate of drug-likeness (QED) is 0.265. The molecule has 0 spiro atoms. The van der Waals surface area contributed by atoms with E-state index in [-0.39, 0.29) is 18.3 Å². The normalized spacial score (nSPS) is 16.9. The molecule has 4 rings (SSSR count). The summed E-state index contributed by atoms with van der Waals surface area (Å²) in [5.41, 5.74) is 1.92. The first kappa shape index (κ1) is 26.8. The van der Waals surface area contributed by atoms with Crippen LogP contribution in [0.3, 0.4) is 0 Å². The molecule has 1 fully saturated rings. The predicted octanol–water partition coefficient (Wildman–Crippen LogP) is 7.59. The number of nitrogens with one attached hydrogen (secondary N) is 1. The summed E-state index contributed by atoms with van der Waals surface area (Å²) >= 11 is 12.6. The molecule has 1 saturated carbocycles. The molecule has 0 radical (unpaired) electrons. The van der Waals surface area contributed by atoms with Gasteiger partial charge in [0.05, 0.1) is 10.0 Å². The number of benzene rings is 3. The highest BCUT2D eigenvalue weighted by atomic mass is 35.5. The summed E-state index contributed by atoms with van der Waals surface area (Å²) in [6, 6.07) is 20.0. The lowest BCUT2D eigenvalue weighted by Crippen LogP contribution is -2.29. The first-order chi connectivity index (χ1) is 16.1. The molecule has 2 atom stereocenters. The Morgan fingerprint density at radius 3 is 2.59 bits per heavy atom. The lowest BCUT2D eigenvalue weighted by Gasteiger charge is -2.22. The van der Waals surface area contributed by atoms with Crippen LogP contribution in [0.2, 0.25) is 10.0 Å². The Balaban J connectivity index is 0.00000324. The van der Waals surface area contributed by atoms with Gasteiger partial charge < -0.3 is 10.2 Å². The summed E-state index contributed by atoms with van der Waals surface area (Å²) in [6.45, 7) is 6.21. The Bertz CT molecular complexity index is 1100. The predicted molar refractivity (Wildman–Crippen MR) is 147 cm³/mol. The number of hydrogen-bond acceptors (Lipinski definition) is 2. The van der Waals surface area contributed by atoms with Gasteiger partial charge in [-0.15, -0.1) is 12.4 Å². The largest absolute Gasteiger partial charge is 0.352 e. The molecule has 0 bridgehead atoms. The number of hydrogen-bond donors (Lipinski definition) is 1. The van der Waals surface area contributed by atoms with Crippen molar-refractivity contribution in [1.82, 2.24) is 10.2 Å². The van der Waals surface area contributed by atoms with Crippen molar-refractivity contribution in [2.24, 2.45) is 5.92 Å². The summed E-state index contributed by atoms with van der Waals surface area (Å²) in [6.07, 6.45) is 4.39. The van der Waals surface area contributed by atoms with E-state index in [9.17, 15) is 4.79 Å². The van der Waals surface area contributed by atoms with Gasteiger partial charge in [-0.1, -0.05) is 72.6 Å². The van der Waals surface area contributed by atoms with E-state index in [2.05, 4.69) is 29.3 Å². The van der Waals surface area contributed by atoms with Crippen molar-refractivity contribution in [3.05, 3.63) is 81.8 Å². The maximum Gasteiger partial charge on any atom is 0.251 e. The first-order valence-electron chi connectivity index (χ1n) is 12.0. The zero-order valence-corrected chi connectivity index (χ0v) is 21.9. The second-order valence-electron chi connectivity index (χ2n) is 9.07. The standard InChI is InChI=1S/C28H32Cl2N2O.ClH/c1-2-15-32(19-23-18-25(23)24-10-7-11-26(29)27(24)30)16-6-5-14-31-28(33)22-13-12-20-8-3-4-9-21(20)17-22;/h3-4,7-13,17,23,25H,2,5-6,14-16,18-19H2,1H3,(H,31,33);1H. The minimum Gasteiger partial charge on any atom is -0.352 e. The fourth-order valence-corrected chi connectivity index (χ4v) is 5.12. The second kappa shape index (κ2) is 12.8. The fourth-order valence-electron chi connectivity index (χ4n) is 4.67. The van der Waals surface area contributed by atoms with Crippen molar-refractivity contribution < 1.29 is 4.79 Å². The third-order valence-corrected chi connectivity index (χ3v) is 7.37. The summed E-state index contributed by atoms with van der Waals surface area (Å²) < 4.78 is 0. The third-order valence-electron chi connectivity index (χ3n) is 6.53. The van der Waals surface area contributed by atoms with Crippen molar-refractivity contribution in [2.45, 2.75) is 38.5 Å². The average Bonchev–Trinajstić information content (AvgIpc) is 3.59. The van der Waals surface area contributed by atoms with Gasteiger partial charge in [0, 0.05) is 18.7 Å². The van der Waals surface area contributed by atoms with E-state index in [0.29, 0.717) is 23.4 Å². The highest BCUT2D eigenvalue weighted by molar-refractivity contribution is 6.42. The number of unbranched alkanes of at least 4 members (excludes halogenated alkanes) is 1. The molecule has 0 heterocycles. The highest BCUT2D eigenvalue weighted by Gasteiger charge is 2.40. The summed E-state index contributed by atoms with van der Waals surface area (Å²) in [4.78, 5) is 15.1. The van der Waals surface area contributed by atoms with E-state index in [1.165, 1.54) is 12.0 Å². The van der Waals surface area contributed by atoms with Crippen LogP contribution < -0.4 is 5.32 Å². The molecule has 2 unspecified atom stereocenters. The van der Waals surface area contributed by atoms with E-state index >= 15 is 0 Å². The Labute approximate surface area is 219 Å². The second-order valence-corrected chi connectivity index (χ2v) is 9.86. The van der Waals surface area contributed by atoms with Crippen LogP contribution in [-0.2, 0) is 0 Å². The topological polar surface area (TPSA) is 32.3 Å². The lowest BCUT2D eigenvalue weighted by molar-refractivity contribution is 0.0952. The van der Waals surface area contributed by atoms with E-state index < -0.39 is 0 Å². The van der Waals surface area contributed by atoms with Gasteiger partial charge in [0.2, 0.25) is 0 Å². The molecule has 3 aromatic rings. The molecule has 3 aromatic carbocycles. The van der Waals surface area contributed by atoms with Crippen LogP contribution in [-0.4, -0.2) is 37.0 Å². The Hall–Kier alpha value is -1.78. The van der Waals surface area contributed by atoms with Crippen LogP contribution in [0.15, 0.2) is 60.7 Å². The minimum atomic E-state index is 0. The number of carbonyl (C=O) groups excluding carboxylic acids is 1. The van der Waals surface area contributed by atoms with Crippen LogP contribution in [0.1, 0.15) is 54.4 Å². The Morgan fingerprint density at radius 1 is 1.00 bits per heavy atom.